The fourth-order valence-electron chi connectivity index (χ4n) is 1.84. The zero-order valence-corrected chi connectivity index (χ0v) is 10.6. The molecule has 1 aromatic heterocycles. The zero-order valence-electron chi connectivity index (χ0n) is 10.6. The van der Waals surface area contributed by atoms with Gasteiger partial charge in [-0.3, -0.25) is 0 Å². The molecule has 2 rings (SSSR count). The van der Waals surface area contributed by atoms with Crippen LogP contribution in [0.5, 0.6) is 0 Å². The highest BCUT2D eigenvalue weighted by molar-refractivity contribution is 5.66. The first kappa shape index (κ1) is 12.3. The zero-order chi connectivity index (χ0) is 13.1. The lowest BCUT2D eigenvalue weighted by atomic mass is 10.2. The molecule has 0 saturated heterocycles. The quantitative estimate of drug-likeness (QED) is 0.904. The molecule has 18 heavy (non-hydrogen) atoms. The van der Waals surface area contributed by atoms with E-state index in [4.69, 9.17) is 0 Å². The fourth-order valence-corrected chi connectivity index (χ4v) is 1.84. The molecule has 1 aromatic carbocycles. The monoisotopic (exact) mass is 246 g/mol. The summed E-state index contributed by atoms with van der Waals surface area (Å²) in [6.45, 7) is 1.93. The van der Waals surface area contributed by atoms with Crippen LogP contribution in [-0.2, 0) is 0 Å². The average Bonchev–Trinajstić information content (AvgIpc) is 2.38. The Morgan fingerprint density at radius 3 is 2.72 bits per heavy atom. The van der Waals surface area contributed by atoms with E-state index in [1.54, 1.807) is 13.1 Å². The number of halogens is 1. The van der Waals surface area contributed by atoms with Gasteiger partial charge >= 0.3 is 0 Å². The predicted octanol–water partition coefficient (Wildman–Crippen LogP) is 2.73. The van der Waals surface area contributed by atoms with Gasteiger partial charge in [0.25, 0.3) is 0 Å². The summed E-state index contributed by atoms with van der Waals surface area (Å²) in [5, 5.41) is 3.00. The van der Waals surface area contributed by atoms with Gasteiger partial charge < -0.3 is 10.2 Å². The van der Waals surface area contributed by atoms with Crippen molar-refractivity contribution < 1.29 is 4.39 Å². The van der Waals surface area contributed by atoms with E-state index in [2.05, 4.69) is 15.3 Å². The minimum absolute atomic E-state index is 0.264. The third-order valence-electron chi connectivity index (χ3n) is 2.81. The van der Waals surface area contributed by atoms with Crippen LogP contribution in [0.4, 0.5) is 21.7 Å². The molecule has 4 nitrogen and oxygen atoms in total. The Morgan fingerprint density at radius 1 is 1.28 bits per heavy atom. The Balaban J connectivity index is 2.43. The van der Waals surface area contributed by atoms with Crippen molar-refractivity contribution in [1.29, 1.82) is 0 Å². The molecule has 0 atom stereocenters. The summed E-state index contributed by atoms with van der Waals surface area (Å²) in [5.74, 6) is 1.25. The molecule has 0 amide bonds. The second-order valence-corrected chi connectivity index (χ2v) is 3.96. The highest BCUT2D eigenvalue weighted by Gasteiger charge is 2.12. The van der Waals surface area contributed by atoms with Gasteiger partial charge in [-0.25, -0.2) is 14.4 Å². The molecule has 0 spiro atoms. The van der Waals surface area contributed by atoms with Gasteiger partial charge in [0.1, 0.15) is 23.8 Å². The van der Waals surface area contributed by atoms with E-state index in [1.807, 2.05) is 24.9 Å². The van der Waals surface area contributed by atoms with E-state index >= 15 is 0 Å². The van der Waals surface area contributed by atoms with E-state index in [0.717, 1.165) is 22.9 Å². The normalized spacial score (nSPS) is 10.2. The van der Waals surface area contributed by atoms with E-state index in [9.17, 15) is 4.39 Å². The Labute approximate surface area is 105 Å². The van der Waals surface area contributed by atoms with Gasteiger partial charge in [0.15, 0.2) is 0 Å². The molecular weight excluding hydrogens is 231 g/mol. The maximum absolute atomic E-state index is 13.2. The molecular formula is C13H15FN4. The predicted molar refractivity (Wildman–Crippen MR) is 70.8 cm³/mol. The van der Waals surface area contributed by atoms with Crippen LogP contribution < -0.4 is 10.2 Å². The van der Waals surface area contributed by atoms with Crippen LogP contribution in [0.15, 0.2) is 30.6 Å². The van der Waals surface area contributed by atoms with Crippen LogP contribution in [0.3, 0.4) is 0 Å². The Morgan fingerprint density at radius 2 is 2.06 bits per heavy atom. The summed E-state index contributed by atoms with van der Waals surface area (Å²) in [6, 6.07) is 6.41. The molecule has 2 aromatic rings. The topological polar surface area (TPSA) is 41.1 Å². The van der Waals surface area contributed by atoms with Crippen molar-refractivity contribution in [3.05, 3.63) is 42.0 Å². The number of hydrogen-bond acceptors (Lipinski definition) is 4. The maximum Gasteiger partial charge on any atom is 0.141 e. The standard InChI is InChI=1S/C13H15FN4/c1-9-12(15-2)16-8-17-13(9)18(3)11-6-4-5-10(14)7-11/h4-8H,1-3H3,(H,15,16,17). The van der Waals surface area contributed by atoms with Gasteiger partial charge in [-0.15, -0.1) is 0 Å². The second kappa shape index (κ2) is 5.00. The van der Waals surface area contributed by atoms with Crippen molar-refractivity contribution in [2.45, 2.75) is 6.92 Å². The molecule has 94 valence electrons. The number of rotatable bonds is 3. The van der Waals surface area contributed by atoms with E-state index in [1.165, 1.54) is 18.5 Å². The molecule has 0 saturated carbocycles. The number of nitrogens with one attached hydrogen (secondary N) is 1. The number of aromatic nitrogens is 2. The van der Waals surface area contributed by atoms with Gasteiger partial charge in [-0.2, -0.15) is 0 Å². The first-order valence-electron chi connectivity index (χ1n) is 5.62. The lowest BCUT2D eigenvalue weighted by molar-refractivity contribution is 0.628. The Kier molecular flexibility index (Phi) is 3.41. The van der Waals surface area contributed by atoms with Crippen LogP contribution >= 0.6 is 0 Å². The maximum atomic E-state index is 13.2. The lowest BCUT2D eigenvalue weighted by Gasteiger charge is -2.21. The first-order chi connectivity index (χ1) is 8.63. The van der Waals surface area contributed by atoms with Crippen LogP contribution in [0, 0.1) is 12.7 Å². The van der Waals surface area contributed by atoms with Crippen LogP contribution in [0.2, 0.25) is 0 Å². The number of hydrogen-bond donors (Lipinski definition) is 1. The summed E-state index contributed by atoms with van der Waals surface area (Å²) in [7, 11) is 3.66. The highest BCUT2D eigenvalue weighted by Crippen LogP contribution is 2.27. The van der Waals surface area contributed by atoms with Gasteiger partial charge in [0.2, 0.25) is 0 Å². The van der Waals surface area contributed by atoms with Gasteiger partial charge in [-0.1, -0.05) is 6.07 Å². The van der Waals surface area contributed by atoms with Gasteiger partial charge in [-0.05, 0) is 25.1 Å². The van der Waals surface area contributed by atoms with Crippen LogP contribution in [-0.4, -0.2) is 24.1 Å². The molecule has 1 heterocycles. The molecule has 0 radical (unpaired) electrons. The summed E-state index contributed by atoms with van der Waals surface area (Å²) in [5.41, 5.74) is 1.67. The highest BCUT2D eigenvalue weighted by atomic mass is 19.1. The Bertz CT molecular complexity index is 556. The Hall–Kier alpha value is -2.17. The van der Waals surface area contributed by atoms with Crippen molar-refractivity contribution in [2.75, 3.05) is 24.3 Å². The minimum Gasteiger partial charge on any atom is -0.373 e. The second-order valence-electron chi connectivity index (χ2n) is 3.96. The molecule has 0 aliphatic rings. The van der Waals surface area contributed by atoms with Crippen molar-refractivity contribution in [3.63, 3.8) is 0 Å². The van der Waals surface area contributed by atoms with E-state index in [0.29, 0.717) is 0 Å². The number of benzene rings is 1. The van der Waals surface area contributed by atoms with Crippen LogP contribution in [0.1, 0.15) is 5.56 Å². The SMILES string of the molecule is CNc1ncnc(N(C)c2cccc(F)c2)c1C. The van der Waals surface area contributed by atoms with Gasteiger partial charge in [0, 0.05) is 25.3 Å². The summed E-state index contributed by atoms with van der Waals surface area (Å²) >= 11 is 0. The third-order valence-corrected chi connectivity index (χ3v) is 2.81. The molecule has 1 N–H and O–H groups in total. The molecule has 0 bridgehead atoms. The summed E-state index contributed by atoms with van der Waals surface area (Å²) in [6.07, 6.45) is 1.49. The van der Waals surface area contributed by atoms with Crippen LogP contribution in [0.25, 0.3) is 0 Å². The smallest absolute Gasteiger partial charge is 0.141 e. The average molecular weight is 246 g/mol. The summed E-state index contributed by atoms with van der Waals surface area (Å²) in [4.78, 5) is 10.2. The molecule has 0 aliphatic carbocycles. The largest absolute Gasteiger partial charge is 0.373 e. The van der Waals surface area contributed by atoms with Crippen molar-refractivity contribution >= 4 is 17.3 Å². The molecule has 0 aliphatic heterocycles. The fraction of sp³-hybridized carbons (Fsp3) is 0.231. The number of anilines is 3. The van der Waals surface area contributed by atoms with E-state index in [-0.39, 0.29) is 5.82 Å². The third kappa shape index (κ3) is 2.25. The van der Waals surface area contributed by atoms with E-state index < -0.39 is 0 Å². The molecule has 5 heteroatoms. The summed E-state index contributed by atoms with van der Waals surface area (Å²) < 4.78 is 13.2. The number of nitrogens with zero attached hydrogens (tertiary/aromatic N) is 3. The first-order valence-corrected chi connectivity index (χ1v) is 5.62. The van der Waals surface area contributed by atoms with Crippen molar-refractivity contribution in [2.24, 2.45) is 0 Å². The van der Waals surface area contributed by atoms with Crippen molar-refractivity contribution in [3.8, 4) is 0 Å². The lowest BCUT2D eigenvalue weighted by Crippen LogP contribution is -2.14. The molecule has 0 unspecified atom stereocenters. The minimum atomic E-state index is -0.264. The van der Waals surface area contributed by atoms with Gasteiger partial charge in [0.05, 0.1) is 0 Å². The van der Waals surface area contributed by atoms with Crippen molar-refractivity contribution in [1.82, 2.24) is 9.97 Å². The molecule has 0 fully saturated rings.